The van der Waals surface area contributed by atoms with E-state index < -0.39 is 14.8 Å². The summed E-state index contributed by atoms with van der Waals surface area (Å²) >= 11 is 0. The smallest absolute Gasteiger partial charge is 0.387 e. The molecule has 0 aliphatic carbocycles. The largest absolute Gasteiger partial charge is 0.472 e. The number of halogens is 2. The number of benzene rings is 1. The molecule has 0 amide bonds. The minimum atomic E-state index is -2.84. The third kappa shape index (κ3) is 4.91. The zero-order valence-electron chi connectivity index (χ0n) is 9.11. The Balaban J connectivity index is 0.00000225. The van der Waals surface area contributed by atoms with Crippen molar-refractivity contribution in [2.75, 3.05) is 19.1 Å². The summed E-state index contributed by atoms with van der Waals surface area (Å²) in [6.07, 6.45) is 0. The van der Waals surface area contributed by atoms with Gasteiger partial charge >= 0.3 is 6.61 Å². The Morgan fingerprint density at radius 2 is 1.94 bits per heavy atom. The van der Waals surface area contributed by atoms with Gasteiger partial charge in [-0.1, -0.05) is 0 Å². The Morgan fingerprint density at radius 1 is 1.31 bits per heavy atom. The number of ether oxygens (including phenoxy) is 1. The van der Waals surface area contributed by atoms with Gasteiger partial charge in [0.05, 0.1) is 13.8 Å². The van der Waals surface area contributed by atoms with E-state index in [1.54, 1.807) is 0 Å². The first-order valence-electron chi connectivity index (χ1n) is 4.18. The van der Waals surface area contributed by atoms with Gasteiger partial charge in [-0.25, -0.2) is 0 Å². The van der Waals surface area contributed by atoms with E-state index in [0.29, 0.717) is 11.4 Å². The van der Waals surface area contributed by atoms with Crippen LogP contribution in [0.3, 0.4) is 0 Å². The normalized spacial score (nSPS) is 10.1. The molecule has 1 rings (SSSR count). The van der Waals surface area contributed by atoms with Gasteiger partial charge in [0, 0.05) is 6.07 Å². The third-order valence-corrected chi connectivity index (χ3v) is 2.05. The number of nitrogens with two attached hydrogens (primary N) is 1. The molecular weight excluding hydrogens is 254 g/mol. The van der Waals surface area contributed by atoms with Crippen LogP contribution in [-0.4, -0.2) is 19.9 Å². The van der Waals surface area contributed by atoms with E-state index in [1.807, 2.05) is 13.3 Å². The average molecular weight is 269 g/mol. The first-order valence-corrected chi connectivity index (χ1v) is 6.34. The standard InChI is InChI=1S/C9H12F2NO2P.H3P/c1-15(2)14-8-5-6(13-9(10)11)3-4-7(8)12;/h3-5,9H,12H2,1-2H3;1H3. The van der Waals surface area contributed by atoms with Gasteiger partial charge in [0.25, 0.3) is 0 Å². The van der Waals surface area contributed by atoms with Crippen molar-refractivity contribution >= 4 is 23.7 Å². The van der Waals surface area contributed by atoms with Crippen LogP contribution < -0.4 is 15.0 Å². The van der Waals surface area contributed by atoms with Gasteiger partial charge in [-0.2, -0.15) is 18.7 Å². The van der Waals surface area contributed by atoms with Crippen molar-refractivity contribution in [3.63, 3.8) is 0 Å². The van der Waals surface area contributed by atoms with E-state index in [9.17, 15) is 8.78 Å². The second kappa shape index (κ2) is 6.82. The van der Waals surface area contributed by atoms with Crippen LogP contribution in [-0.2, 0) is 0 Å². The third-order valence-electron chi connectivity index (χ3n) is 1.49. The summed E-state index contributed by atoms with van der Waals surface area (Å²) in [5.41, 5.74) is 6.02. The van der Waals surface area contributed by atoms with Gasteiger partial charge in [-0.3, -0.25) is 0 Å². The summed E-state index contributed by atoms with van der Waals surface area (Å²) in [7, 11) is -0.649. The summed E-state index contributed by atoms with van der Waals surface area (Å²) in [6, 6.07) is 4.22. The van der Waals surface area contributed by atoms with E-state index in [-0.39, 0.29) is 15.6 Å². The van der Waals surface area contributed by atoms with E-state index >= 15 is 0 Å². The molecule has 0 heterocycles. The Hall–Kier alpha value is -0.660. The first-order chi connectivity index (χ1) is 6.99. The highest BCUT2D eigenvalue weighted by Gasteiger charge is 2.08. The summed E-state index contributed by atoms with van der Waals surface area (Å²) in [5, 5.41) is 0. The molecule has 1 unspecified atom stereocenters. The van der Waals surface area contributed by atoms with E-state index in [2.05, 4.69) is 4.74 Å². The van der Waals surface area contributed by atoms with Crippen LogP contribution in [0.25, 0.3) is 0 Å². The van der Waals surface area contributed by atoms with Crippen molar-refractivity contribution in [3.05, 3.63) is 18.2 Å². The fourth-order valence-electron chi connectivity index (χ4n) is 0.967. The number of hydrogen-bond acceptors (Lipinski definition) is 3. The van der Waals surface area contributed by atoms with E-state index in [1.165, 1.54) is 18.2 Å². The molecular formula is C9H15F2NO2P2. The van der Waals surface area contributed by atoms with Gasteiger partial charge in [0.15, 0.2) is 0 Å². The Bertz CT molecular complexity index is 337. The molecule has 1 aromatic rings. The Labute approximate surface area is 97.8 Å². The highest BCUT2D eigenvalue weighted by atomic mass is 31.1. The van der Waals surface area contributed by atoms with Gasteiger partial charge in [0.1, 0.15) is 11.5 Å². The molecule has 0 radical (unpaired) electrons. The zero-order valence-corrected chi connectivity index (χ0v) is 11.4. The van der Waals surface area contributed by atoms with Crippen LogP contribution in [0.1, 0.15) is 0 Å². The lowest BCUT2D eigenvalue weighted by atomic mass is 10.3. The SMILES string of the molecule is CP(C)Oc1cc(OC(F)F)ccc1N.P. The molecule has 7 heteroatoms. The summed E-state index contributed by atoms with van der Waals surface area (Å²) in [4.78, 5) is 0. The number of rotatable bonds is 4. The van der Waals surface area contributed by atoms with Crippen molar-refractivity contribution in [1.29, 1.82) is 0 Å². The minimum Gasteiger partial charge on any atom is -0.472 e. The molecule has 0 bridgehead atoms. The molecule has 92 valence electrons. The van der Waals surface area contributed by atoms with E-state index in [0.717, 1.165) is 0 Å². The molecule has 0 fully saturated rings. The summed E-state index contributed by atoms with van der Waals surface area (Å²) in [6.45, 7) is 0.927. The average Bonchev–Trinajstić information content (AvgIpc) is 2.09. The van der Waals surface area contributed by atoms with Crippen molar-refractivity contribution in [2.24, 2.45) is 0 Å². The number of alkyl halides is 2. The lowest BCUT2D eigenvalue weighted by Gasteiger charge is -2.13. The molecule has 1 aromatic carbocycles. The first kappa shape index (κ1) is 15.3. The lowest BCUT2D eigenvalue weighted by Crippen LogP contribution is -2.02. The van der Waals surface area contributed by atoms with Crippen LogP contribution in [0, 0.1) is 0 Å². The molecule has 1 atom stereocenters. The van der Waals surface area contributed by atoms with Gasteiger partial charge in [-0.15, -0.1) is 0 Å². The quantitative estimate of drug-likeness (QED) is 0.675. The second-order valence-corrected chi connectivity index (χ2v) is 4.79. The molecule has 0 spiro atoms. The van der Waals surface area contributed by atoms with Crippen LogP contribution in [0.5, 0.6) is 11.5 Å². The molecule has 0 aliphatic heterocycles. The maximum Gasteiger partial charge on any atom is 0.387 e. The number of hydrogen-bond donors (Lipinski definition) is 1. The van der Waals surface area contributed by atoms with Gasteiger partial charge in [0.2, 0.25) is 0 Å². The Morgan fingerprint density at radius 3 is 2.44 bits per heavy atom. The van der Waals surface area contributed by atoms with Crippen molar-refractivity contribution in [3.8, 4) is 11.5 Å². The molecule has 3 nitrogen and oxygen atoms in total. The molecule has 16 heavy (non-hydrogen) atoms. The van der Waals surface area contributed by atoms with Gasteiger partial charge < -0.3 is 15.0 Å². The Kier molecular flexibility index (Phi) is 6.54. The molecule has 0 aromatic heterocycles. The molecule has 0 saturated carbocycles. The second-order valence-electron chi connectivity index (χ2n) is 2.98. The van der Waals surface area contributed by atoms with E-state index in [4.69, 9.17) is 10.3 Å². The van der Waals surface area contributed by atoms with Crippen molar-refractivity contribution < 1.29 is 18.0 Å². The summed E-state index contributed by atoms with van der Waals surface area (Å²) < 4.78 is 33.5. The van der Waals surface area contributed by atoms with Crippen molar-refractivity contribution in [2.45, 2.75) is 6.61 Å². The van der Waals surface area contributed by atoms with Crippen LogP contribution in [0.4, 0.5) is 14.5 Å². The maximum atomic E-state index is 11.9. The van der Waals surface area contributed by atoms with Crippen LogP contribution >= 0.6 is 18.0 Å². The lowest BCUT2D eigenvalue weighted by molar-refractivity contribution is -0.0498. The highest BCUT2D eigenvalue weighted by molar-refractivity contribution is 7.51. The predicted octanol–water partition coefficient (Wildman–Crippen LogP) is 2.96. The molecule has 0 aliphatic rings. The monoisotopic (exact) mass is 269 g/mol. The maximum absolute atomic E-state index is 11.9. The molecule has 2 N–H and O–H groups in total. The van der Waals surface area contributed by atoms with Gasteiger partial charge in [-0.05, 0) is 25.5 Å². The van der Waals surface area contributed by atoms with Crippen LogP contribution in [0.2, 0.25) is 0 Å². The zero-order chi connectivity index (χ0) is 11.4. The fraction of sp³-hybridized carbons (Fsp3) is 0.333. The summed E-state index contributed by atoms with van der Waals surface area (Å²) in [5.74, 6) is 0.426. The fourth-order valence-corrected chi connectivity index (χ4v) is 1.52. The van der Waals surface area contributed by atoms with Crippen LogP contribution in [0.15, 0.2) is 18.2 Å². The number of nitrogen functional groups attached to an aromatic ring is 1. The molecule has 0 saturated heterocycles. The number of anilines is 1. The highest BCUT2D eigenvalue weighted by Crippen LogP contribution is 2.36. The minimum absolute atomic E-state index is 0. The topological polar surface area (TPSA) is 44.5 Å². The predicted molar refractivity (Wildman–Crippen MR) is 68.0 cm³/mol. The van der Waals surface area contributed by atoms with Crippen molar-refractivity contribution in [1.82, 2.24) is 0 Å².